The number of guanidine groups is 1. The van der Waals surface area contributed by atoms with Gasteiger partial charge in [-0.05, 0) is 55.8 Å². The second-order valence-corrected chi connectivity index (χ2v) is 7.72. The topological polar surface area (TPSA) is 65.0 Å². The molecule has 162 valence electrons. The monoisotopic (exact) mass is 410 g/mol. The molecule has 2 heterocycles. The summed E-state index contributed by atoms with van der Waals surface area (Å²) in [4.78, 5) is 13.6. The van der Waals surface area contributed by atoms with Crippen LogP contribution >= 0.6 is 0 Å². The van der Waals surface area contributed by atoms with Gasteiger partial charge in [0.25, 0.3) is 0 Å². The van der Waals surface area contributed by atoms with Crippen LogP contribution in [0.5, 0.6) is 5.75 Å². The number of nitrogens with one attached hydrogen (secondary N) is 2. The molecule has 1 fully saturated rings. The molecule has 1 unspecified atom stereocenters. The molecule has 0 saturated carbocycles. The van der Waals surface area contributed by atoms with Crippen molar-refractivity contribution < 1.29 is 4.74 Å². The van der Waals surface area contributed by atoms with Crippen LogP contribution in [0, 0.1) is 0 Å². The Hall–Kier alpha value is -2.80. The van der Waals surface area contributed by atoms with Crippen molar-refractivity contribution in [3.05, 3.63) is 53.7 Å². The Morgan fingerprint density at radius 1 is 1.17 bits per heavy atom. The number of nitrogens with zero attached hydrogens (tertiary/aromatic N) is 4. The van der Waals surface area contributed by atoms with Crippen LogP contribution in [-0.4, -0.2) is 63.7 Å². The van der Waals surface area contributed by atoms with E-state index in [0.717, 1.165) is 42.9 Å². The van der Waals surface area contributed by atoms with Gasteiger partial charge in [0.15, 0.2) is 5.96 Å². The van der Waals surface area contributed by atoms with Crippen molar-refractivity contribution in [2.45, 2.75) is 25.4 Å². The smallest absolute Gasteiger partial charge is 0.191 e. The zero-order chi connectivity index (χ0) is 21.3. The van der Waals surface area contributed by atoms with Gasteiger partial charge in [0.2, 0.25) is 0 Å². The molecule has 7 nitrogen and oxygen atoms in total. The van der Waals surface area contributed by atoms with E-state index in [1.54, 1.807) is 14.2 Å². The van der Waals surface area contributed by atoms with Gasteiger partial charge in [-0.3, -0.25) is 9.89 Å². The fourth-order valence-corrected chi connectivity index (χ4v) is 3.76. The van der Waals surface area contributed by atoms with Crippen molar-refractivity contribution in [3.8, 4) is 5.75 Å². The van der Waals surface area contributed by atoms with E-state index in [4.69, 9.17) is 4.74 Å². The molecule has 2 N–H and O–H groups in total. The molecular weight excluding hydrogens is 376 g/mol. The van der Waals surface area contributed by atoms with Crippen LogP contribution in [0.3, 0.4) is 0 Å². The van der Waals surface area contributed by atoms with Crippen LogP contribution in [0.2, 0.25) is 0 Å². The molecule has 0 radical (unpaired) electrons. The summed E-state index contributed by atoms with van der Waals surface area (Å²) in [5.41, 5.74) is 2.24. The number of aliphatic imine (C=N–C) groups is 1. The molecule has 0 spiro atoms. The molecule has 2 aromatic rings. The van der Waals surface area contributed by atoms with Gasteiger partial charge in [0, 0.05) is 27.7 Å². The first-order valence-electron chi connectivity index (χ1n) is 10.6. The summed E-state index contributed by atoms with van der Waals surface area (Å²) in [5.74, 6) is 2.62. The van der Waals surface area contributed by atoms with E-state index in [0.29, 0.717) is 6.54 Å². The Morgan fingerprint density at radius 3 is 2.63 bits per heavy atom. The van der Waals surface area contributed by atoms with Crippen molar-refractivity contribution >= 4 is 11.8 Å². The molecule has 0 bridgehead atoms. The zero-order valence-corrected chi connectivity index (χ0v) is 18.6. The average molecular weight is 411 g/mol. The lowest BCUT2D eigenvalue weighted by atomic mass is 10.1. The number of aromatic nitrogens is 1. The van der Waals surface area contributed by atoms with Crippen LogP contribution in [0.25, 0.3) is 0 Å². The summed E-state index contributed by atoms with van der Waals surface area (Å²) in [6, 6.07) is 14.7. The average Bonchev–Trinajstić information content (AvgIpc) is 3.31. The van der Waals surface area contributed by atoms with Crippen LogP contribution in [0.4, 0.5) is 5.82 Å². The molecular formula is C23H34N6O. The predicted molar refractivity (Wildman–Crippen MR) is 123 cm³/mol. The number of hydrogen-bond acceptors (Lipinski definition) is 5. The van der Waals surface area contributed by atoms with E-state index in [-0.39, 0.29) is 6.04 Å². The molecule has 1 aromatic heterocycles. The lowest BCUT2D eigenvalue weighted by Gasteiger charge is -2.29. The van der Waals surface area contributed by atoms with Crippen molar-refractivity contribution in [2.24, 2.45) is 4.99 Å². The fourth-order valence-electron chi connectivity index (χ4n) is 3.76. The molecule has 1 saturated heterocycles. The van der Waals surface area contributed by atoms with Gasteiger partial charge in [0.1, 0.15) is 11.6 Å². The predicted octanol–water partition coefficient (Wildman–Crippen LogP) is 2.66. The SMILES string of the molecule is CN=C(NCc1cccc(N(C)C)n1)NCC(c1cccc(OC)c1)N1CCCC1. The van der Waals surface area contributed by atoms with Crippen LogP contribution in [-0.2, 0) is 6.54 Å². The van der Waals surface area contributed by atoms with Gasteiger partial charge in [-0.2, -0.15) is 0 Å². The van der Waals surface area contributed by atoms with E-state index < -0.39 is 0 Å². The van der Waals surface area contributed by atoms with Crippen molar-refractivity contribution in [2.75, 3.05) is 52.8 Å². The largest absolute Gasteiger partial charge is 0.497 e. The Bertz CT molecular complexity index is 832. The highest BCUT2D eigenvalue weighted by atomic mass is 16.5. The van der Waals surface area contributed by atoms with Gasteiger partial charge in [0.05, 0.1) is 25.4 Å². The summed E-state index contributed by atoms with van der Waals surface area (Å²) >= 11 is 0. The normalized spacial score (nSPS) is 15.7. The third-order valence-corrected chi connectivity index (χ3v) is 5.43. The van der Waals surface area contributed by atoms with Gasteiger partial charge >= 0.3 is 0 Å². The van der Waals surface area contributed by atoms with Gasteiger partial charge in [-0.25, -0.2) is 4.98 Å². The second kappa shape index (κ2) is 10.8. The lowest BCUT2D eigenvalue weighted by molar-refractivity contribution is 0.245. The minimum absolute atomic E-state index is 0.274. The number of hydrogen-bond donors (Lipinski definition) is 2. The molecule has 1 aromatic carbocycles. The molecule has 1 aliphatic rings. The van der Waals surface area contributed by atoms with E-state index in [1.807, 2.05) is 43.3 Å². The molecule has 0 aliphatic carbocycles. The second-order valence-electron chi connectivity index (χ2n) is 7.72. The number of pyridine rings is 1. The summed E-state index contributed by atoms with van der Waals surface area (Å²) in [7, 11) is 7.51. The summed E-state index contributed by atoms with van der Waals surface area (Å²) in [6.07, 6.45) is 2.50. The summed E-state index contributed by atoms with van der Waals surface area (Å²) < 4.78 is 5.44. The highest BCUT2D eigenvalue weighted by Gasteiger charge is 2.24. The molecule has 7 heteroatoms. The van der Waals surface area contributed by atoms with Gasteiger partial charge in [-0.15, -0.1) is 0 Å². The maximum atomic E-state index is 5.44. The highest BCUT2D eigenvalue weighted by Crippen LogP contribution is 2.27. The van der Waals surface area contributed by atoms with Gasteiger partial charge < -0.3 is 20.3 Å². The van der Waals surface area contributed by atoms with E-state index >= 15 is 0 Å². The number of anilines is 1. The van der Waals surface area contributed by atoms with Crippen molar-refractivity contribution in [1.29, 1.82) is 0 Å². The third-order valence-electron chi connectivity index (χ3n) is 5.43. The quantitative estimate of drug-likeness (QED) is 0.515. The maximum absolute atomic E-state index is 5.44. The van der Waals surface area contributed by atoms with Crippen molar-refractivity contribution in [1.82, 2.24) is 20.5 Å². The molecule has 3 rings (SSSR count). The first-order chi connectivity index (χ1) is 14.6. The van der Waals surface area contributed by atoms with Crippen molar-refractivity contribution in [3.63, 3.8) is 0 Å². The summed E-state index contributed by atoms with van der Waals surface area (Å²) in [6.45, 7) is 3.64. The Balaban J connectivity index is 1.63. The Labute approximate surface area is 180 Å². The van der Waals surface area contributed by atoms with E-state index in [2.05, 4.69) is 43.7 Å². The minimum Gasteiger partial charge on any atom is -0.497 e. The van der Waals surface area contributed by atoms with Crippen LogP contribution < -0.4 is 20.3 Å². The number of likely N-dealkylation sites (tertiary alicyclic amines) is 1. The highest BCUT2D eigenvalue weighted by molar-refractivity contribution is 5.79. The van der Waals surface area contributed by atoms with Gasteiger partial charge in [-0.1, -0.05) is 18.2 Å². The standard InChI is InChI=1S/C23H34N6O/c1-24-23(25-16-19-10-8-12-22(27-19)28(2)3)26-17-21(29-13-5-6-14-29)18-9-7-11-20(15-18)30-4/h7-12,15,21H,5-6,13-14,16-17H2,1-4H3,(H2,24,25,26). The van der Waals surface area contributed by atoms with Crippen LogP contribution in [0.1, 0.15) is 30.1 Å². The number of benzene rings is 1. The number of methoxy groups -OCH3 is 1. The zero-order valence-electron chi connectivity index (χ0n) is 18.6. The van der Waals surface area contributed by atoms with E-state index in [9.17, 15) is 0 Å². The number of ether oxygens (including phenoxy) is 1. The third kappa shape index (κ3) is 5.86. The lowest BCUT2D eigenvalue weighted by Crippen LogP contribution is -2.42. The maximum Gasteiger partial charge on any atom is 0.191 e. The van der Waals surface area contributed by atoms with Crippen LogP contribution in [0.15, 0.2) is 47.5 Å². The number of rotatable bonds is 8. The first-order valence-corrected chi connectivity index (χ1v) is 10.6. The Kier molecular flexibility index (Phi) is 7.90. The molecule has 0 amide bonds. The fraction of sp³-hybridized carbons (Fsp3) is 0.478. The van der Waals surface area contributed by atoms with E-state index in [1.165, 1.54) is 18.4 Å². The summed E-state index contributed by atoms with van der Waals surface area (Å²) in [5, 5.41) is 6.89. The first kappa shape index (κ1) is 21.9. The molecule has 1 atom stereocenters. The molecule has 30 heavy (non-hydrogen) atoms. The Morgan fingerprint density at radius 2 is 1.93 bits per heavy atom. The minimum atomic E-state index is 0.274. The molecule has 1 aliphatic heterocycles.